The van der Waals surface area contributed by atoms with Gasteiger partial charge in [-0.15, -0.1) is 0 Å². The molecule has 0 radical (unpaired) electrons. The van der Waals surface area contributed by atoms with Gasteiger partial charge in [0.15, 0.2) is 0 Å². The second-order valence-electron chi connectivity index (χ2n) is 6.37. The lowest BCUT2D eigenvalue weighted by Gasteiger charge is -2.22. The van der Waals surface area contributed by atoms with E-state index in [4.69, 9.17) is 9.26 Å². The number of esters is 1. The minimum atomic E-state index is -0.370. The van der Waals surface area contributed by atoms with Crippen molar-refractivity contribution in [1.82, 2.24) is 15.5 Å². The summed E-state index contributed by atoms with van der Waals surface area (Å²) in [5.41, 5.74) is 1.24. The predicted molar refractivity (Wildman–Crippen MR) is 83.0 cm³/mol. The maximum Gasteiger partial charge on any atom is 0.337 e. The summed E-state index contributed by atoms with van der Waals surface area (Å²) >= 11 is 0. The Kier molecular flexibility index (Phi) is 3.41. The van der Waals surface area contributed by atoms with Crippen LogP contribution in [0.25, 0.3) is 11.4 Å². The number of hydrogen-bond donors (Lipinski definition) is 1. The average Bonchev–Trinajstić information content (AvgIpc) is 3.28. The summed E-state index contributed by atoms with van der Waals surface area (Å²) < 4.78 is 10.4. The highest BCUT2D eigenvalue weighted by Gasteiger charge is 2.51. The lowest BCUT2D eigenvalue weighted by Crippen LogP contribution is -2.31. The van der Waals surface area contributed by atoms with Crippen molar-refractivity contribution in [3.8, 4) is 11.4 Å². The van der Waals surface area contributed by atoms with E-state index in [0.29, 0.717) is 17.3 Å². The van der Waals surface area contributed by atoms with Crippen LogP contribution < -0.4 is 5.32 Å². The van der Waals surface area contributed by atoms with E-state index in [2.05, 4.69) is 15.5 Å². The Balaban J connectivity index is 1.67. The molecule has 1 aliphatic carbocycles. The Labute approximate surface area is 134 Å². The fourth-order valence-electron chi connectivity index (χ4n) is 3.95. The number of ether oxygens (including phenoxy) is 1. The number of carbonyl (C=O) groups excluding carboxylic acids is 1. The van der Waals surface area contributed by atoms with Crippen LogP contribution in [0.2, 0.25) is 0 Å². The monoisotopic (exact) mass is 313 g/mol. The van der Waals surface area contributed by atoms with Gasteiger partial charge in [0.1, 0.15) is 0 Å². The first-order valence-electron chi connectivity index (χ1n) is 7.96. The van der Waals surface area contributed by atoms with Crippen molar-refractivity contribution in [2.24, 2.45) is 5.92 Å². The van der Waals surface area contributed by atoms with Gasteiger partial charge in [0.05, 0.1) is 18.1 Å². The molecule has 2 fully saturated rings. The van der Waals surface area contributed by atoms with Crippen molar-refractivity contribution >= 4 is 5.97 Å². The van der Waals surface area contributed by atoms with Gasteiger partial charge in [-0.25, -0.2) is 4.79 Å². The number of fused-ring (bicyclic) bond motifs is 1. The highest BCUT2D eigenvalue weighted by Crippen LogP contribution is 2.47. The van der Waals surface area contributed by atoms with Gasteiger partial charge in [-0.05, 0) is 37.4 Å². The number of nitrogens with one attached hydrogen (secondary N) is 1. The third kappa shape index (κ3) is 2.25. The predicted octanol–water partition coefficient (Wildman–Crippen LogP) is 2.16. The Bertz CT molecular complexity index is 730. The first-order valence-corrected chi connectivity index (χ1v) is 7.96. The van der Waals surface area contributed by atoms with E-state index in [9.17, 15) is 4.79 Å². The summed E-state index contributed by atoms with van der Waals surface area (Å²) in [5, 5.41) is 7.60. The lowest BCUT2D eigenvalue weighted by atomic mass is 9.80. The molecule has 2 aromatic rings. The zero-order valence-corrected chi connectivity index (χ0v) is 13.0. The summed E-state index contributed by atoms with van der Waals surface area (Å²) in [6.45, 7) is 1.93. The average molecular weight is 313 g/mol. The fourth-order valence-corrected chi connectivity index (χ4v) is 3.95. The molecule has 1 N–H and O–H groups in total. The Hall–Kier alpha value is -2.21. The maximum absolute atomic E-state index is 11.7. The van der Waals surface area contributed by atoms with Crippen molar-refractivity contribution in [2.45, 2.75) is 24.7 Å². The SMILES string of the molecule is COC(=O)c1cccc(-c2noc([C@@]34CCC[C@@H]3CNC4)n2)c1. The normalized spacial score (nSPS) is 26.2. The van der Waals surface area contributed by atoms with E-state index in [-0.39, 0.29) is 11.4 Å². The van der Waals surface area contributed by atoms with Gasteiger partial charge in [0.25, 0.3) is 0 Å². The molecule has 0 unspecified atom stereocenters. The van der Waals surface area contributed by atoms with Crippen LogP contribution in [0.15, 0.2) is 28.8 Å². The summed E-state index contributed by atoms with van der Waals surface area (Å²) in [5.74, 6) is 1.46. The van der Waals surface area contributed by atoms with Gasteiger partial charge in [-0.2, -0.15) is 4.98 Å². The molecule has 2 heterocycles. The van der Waals surface area contributed by atoms with E-state index >= 15 is 0 Å². The van der Waals surface area contributed by atoms with Gasteiger partial charge in [0.2, 0.25) is 11.7 Å². The molecule has 0 amide bonds. The molecule has 120 valence electrons. The Morgan fingerprint density at radius 3 is 3.26 bits per heavy atom. The molecule has 0 bridgehead atoms. The van der Waals surface area contributed by atoms with Crippen LogP contribution in [0, 0.1) is 5.92 Å². The molecule has 1 aliphatic heterocycles. The molecule has 1 saturated heterocycles. The van der Waals surface area contributed by atoms with E-state index in [1.807, 2.05) is 6.07 Å². The number of aromatic nitrogens is 2. The number of hydrogen-bond acceptors (Lipinski definition) is 6. The summed E-state index contributed by atoms with van der Waals surface area (Å²) in [4.78, 5) is 16.3. The smallest absolute Gasteiger partial charge is 0.337 e. The zero-order chi connectivity index (χ0) is 15.9. The van der Waals surface area contributed by atoms with Crippen LogP contribution in [0.1, 0.15) is 35.5 Å². The molecule has 2 aliphatic rings. The standard InChI is InChI=1S/C17H19N3O3/c1-22-15(21)12-5-2-4-11(8-12)14-19-16(23-20-14)17-7-3-6-13(17)9-18-10-17/h2,4-5,8,13,18H,3,6-7,9-10H2,1H3/t13-,17-/m1/s1. The molecule has 2 atom stereocenters. The second kappa shape index (κ2) is 5.45. The Morgan fingerprint density at radius 1 is 1.48 bits per heavy atom. The second-order valence-corrected chi connectivity index (χ2v) is 6.37. The van der Waals surface area contributed by atoms with Gasteiger partial charge < -0.3 is 14.6 Å². The van der Waals surface area contributed by atoms with Gasteiger partial charge >= 0.3 is 5.97 Å². The third-order valence-electron chi connectivity index (χ3n) is 5.18. The first kappa shape index (κ1) is 14.4. The van der Waals surface area contributed by atoms with Crippen molar-refractivity contribution in [1.29, 1.82) is 0 Å². The van der Waals surface area contributed by atoms with Crippen LogP contribution in [0.4, 0.5) is 0 Å². The topological polar surface area (TPSA) is 77.2 Å². The van der Waals surface area contributed by atoms with Crippen LogP contribution in [-0.2, 0) is 10.2 Å². The Morgan fingerprint density at radius 2 is 2.39 bits per heavy atom. The van der Waals surface area contributed by atoms with E-state index in [1.165, 1.54) is 20.0 Å². The quantitative estimate of drug-likeness (QED) is 0.875. The number of nitrogens with zero attached hydrogens (tertiary/aromatic N) is 2. The molecular weight excluding hydrogens is 294 g/mol. The molecule has 4 rings (SSSR count). The fraction of sp³-hybridized carbons (Fsp3) is 0.471. The number of carbonyl (C=O) groups is 1. The summed E-state index contributed by atoms with van der Waals surface area (Å²) in [6, 6.07) is 7.11. The molecule has 6 heteroatoms. The number of rotatable bonds is 3. The molecular formula is C17H19N3O3. The maximum atomic E-state index is 11.7. The molecule has 1 aromatic carbocycles. The molecule has 6 nitrogen and oxygen atoms in total. The molecule has 0 spiro atoms. The van der Waals surface area contributed by atoms with Crippen LogP contribution in [-0.4, -0.2) is 36.3 Å². The molecule has 23 heavy (non-hydrogen) atoms. The van der Waals surface area contributed by atoms with Gasteiger partial charge in [-0.3, -0.25) is 0 Å². The highest BCUT2D eigenvalue weighted by molar-refractivity contribution is 5.90. The van der Waals surface area contributed by atoms with Gasteiger partial charge in [0, 0.05) is 12.1 Å². The minimum absolute atomic E-state index is 0.00872. The van der Waals surface area contributed by atoms with E-state index < -0.39 is 0 Å². The van der Waals surface area contributed by atoms with Crippen LogP contribution in [0.3, 0.4) is 0 Å². The minimum Gasteiger partial charge on any atom is -0.465 e. The van der Waals surface area contributed by atoms with Crippen LogP contribution >= 0.6 is 0 Å². The molecule has 1 saturated carbocycles. The highest BCUT2D eigenvalue weighted by atomic mass is 16.5. The number of methoxy groups -OCH3 is 1. The van der Waals surface area contributed by atoms with Crippen molar-refractivity contribution in [3.05, 3.63) is 35.7 Å². The third-order valence-corrected chi connectivity index (χ3v) is 5.18. The van der Waals surface area contributed by atoms with E-state index in [0.717, 1.165) is 31.0 Å². The van der Waals surface area contributed by atoms with Crippen LogP contribution in [0.5, 0.6) is 0 Å². The van der Waals surface area contributed by atoms with Crippen molar-refractivity contribution in [3.63, 3.8) is 0 Å². The summed E-state index contributed by atoms with van der Waals surface area (Å²) in [6.07, 6.45) is 3.51. The number of benzene rings is 1. The lowest BCUT2D eigenvalue weighted by molar-refractivity contribution is 0.0601. The van der Waals surface area contributed by atoms with Gasteiger partial charge in [-0.1, -0.05) is 23.7 Å². The molecule has 1 aromatic heterocycles. The largest absolute Gasteiger partial charge is 0.465 e. The summed E-state index contributed by atoms with van der Waals surface area (Å²) in [7, 11) is 1.37. The van der Waals surface area contributed by atoms with Crippen molar-refractivity contribution < 1.29 is 14.1 Å². The first-order chi connectivity index (χ1) is 11.2. The van der Waals surface area contributed by atoms with E-state index in [1.54, 1.807) is 18.2 Å². The zero-order valence-electron chi connectivity index (χ0n) is 13.0. The van der Waals surface area contributed by atoms with Crippen molar-refractivity contribution in [2.75, 3.05) is 20.2 Å².